The fourth-order valence-corrected chi connectivity index (χ4v) is 0.101. The molecule has 0 atom stereocenters. The van der Waals surface area contributed by atoms with Gasteiger partial charge in [0.05, 0.1) is 0 Å². The van der Waals surface area contributed by atoms with Crippen LogP contribution in [0.3, 0.4) is 0 Å². The van der Waals surface area contributed by atoms with E-state index < -0.39 is 12.6 Å². The van der Waals surface area contributed by atoms with E-state index in [4.69, 9.17) is 10.2 Å². The normalized spacial score (nSPS) is 23.1. The Morgan fingerprint density at radius 2 is 1.86 bits per heavy atom. The van der Waals surface area contributed by atoms with Crippen LogP contribution in [0.4, 0.5) is 0 Å². The zero-order chi connectivity index (χ0) is 4.62. The first-order chi connectivity index (χ1) is 2.77. The van der Waals surface area contributed by atoms with E-state index in [0.717, 1.165) is 0 Å². The topological polar surface area (TPSA) is 65.5 Å². The summed E-state index contributed by atoms with van der Waals surface area (Å²) in [6.07, 6.45) is 0. The molecule has 1 aliphatic heterocycles. The average Bonchev–Trinajstić information content (AvgIpc) is 2.22. The van der Waals surface area contributed by atoms with E-state index in [0.29, 0.717) is 0 Å². The van der Waals surface area contributed by atoms with Gasteiger partial charge in [0, 0.05) is 0 Å². The van der Waals surface area contributed by atoms with E-state index in [1.165, 1.54) is 0 Å². The van der Waals surface area contributed by atoms with Gasteiger partial charge in [-0.3, -0.25) is 0 Å². The minimum atomic E-state index is -1.65. The molecule has 0 spiro atoms. The molecule has 1 heterocycles. The van der Waals surface area contributed by atoms with Crippen molar-refractivity contribution >= 4 is 17.4 Å². The van der Waals surface area contributed by atoms with Gasteiger partial charge in [0.1, 0.15) is 6.61 Å². The van der Waals surface area contributed by atoms with E-state index in [-0.39, 0.29) is 17.4 Å². The van der Waals surface area contributed by atoms with Crippen molar-refractivity contribution in [3.05, 3.63) is 0 Å². The molecule has 0 aliphatic carbocycles. The molecule has 0 radical (unpaired) electrons. The van der Waals surface area contributed by atoms with Crippen molar-refractivity contribution in [3.8, 4) is 0 Å². The van der Waals surface area contributed by atoms with Crippen LogP contribution >= 0.6 is 0 Å². The van der Waals surface area contributed by atoms with Gasteiger partial charge in [0.25, 0.3) is 0 Å². The minimum absolute atomic E-state index is 0. The summed E-state index contributed by atoms with van der Waals surface area (Å²) in [7, 11) is 0. The predicted octanol–water partition coefficient (Wildman–Crippen LogP) is -2.60. The third kappa shape index (κ3) is 1.74. The first kappa shape index (κ1) is 7.37. The van der Waals surface area contributed by atoms with Crippen LogP contribution in [0, 0.1) is 0 Å². The lowest BCUT2D eigenvalue weighted by Gasteiger charge is -1.84. The Labute approximate surface area is 50.7 Å². The largest absolute Gasteiger partial charge is 0.388 e. The van der Waals surface area contributed by atoms with Gasteiger partial charge in [-0.1, -0.05) is 0 Å². The molecule has 0 saturated carbocycles. The number of rotatable bonds is 1. The van der Waals surface area contributed by atoms with Crippen molar-refractivity contribution in [2.45, 2.75) is 5.97 Å². The summed E-state index contributed by atoms with van der Waals surface area (Å²) in [6.45, 7) is -0.507. The maximum Gasteiger partial charge on any atom is 0.360 e. The molecule has 2 N–H and O–H groups in total. The summed E-state index contributed by atoms with van der Waals surface area (Å²) < 4.78 is 0. The van der Waals surface area contributed by atoms with Gasteiger partial charge in [-0.05, 0) is 0 Å². The molecule has 0 aromatic rings. The molecule has 42 valence electrons. The quantitative estimate of drug-likeness (QED) is 0.227. The lowest BCUT2D eigenvalue weighted by atomic mass is 10.7. The molecule has 7 heavy (non-hydrogen) atoms. The second-order valence-corrected chi connectivity index (χ2v) is 1.04. The zero-order valence-corrected chi connectivity index (χ0v) is 2.92. The van der Waals surface area contributed by atoms with Gasteiger partial charge in [-0.2, -0.15) is 9.78 Å². The smallest absolute Gasteiger partial charge is 0.360 e. The van der Waals surface area contributed by atoms with Crippen molar-refractivity contribution in [1.82, 2.24) is 0 Å². The van der Waals surface area contributed by atoms with Crippen LogP contribution in [0.1, 0.15) is 0 Å². The van der Waals surface area contributed by atoms with Crippen molar-refractivity contribution in [2.24, 2.45) is 0 Å². The summed E-state index contributed by atoms with van der Waals surface area (Å²) in [6, 6.07) is 0. The second kappa shape index (κ2) is 2.09. The molecule has 0 bridgehead atoms. The third-order valence-electron chi connectivity index (χ3n) is 0.476. The number of aliphatic hydroxyl groups excluding tert-OH is 1. The maximum atomic E-state index is 8.24. The highest BCUT2D eigenvalue weighted by Crippen LogP contribution is 2.23. The highest BCUT2D eigenvalue weighted by atomic mass is 27.0. The lowest BCUT2D eigenvalue weighted by Crippen LogP contribution is -2.13. The summed E-state index contributed by atoms with van der Waals surface area (Å²) in [5.74, 6) is -1.65. The van der Waals surface area contributed by atoms with Gasteiger partial charge in [-0.15, -0.1) is 0 Å². The molecule has 0 aromatic heterocycles. The molecule has 0 aromatic carbocycles. The van der Waals surface area contributed by atoms with E-state index in [9.17, 15) is 0 Å². The minimum Gasteiger partial charge on any atom is -0.388 e. The van der Waals surface area contributed by atoms with Crippen LogP contribution in [-0.2, 0) is 9.78 Å². The van der Waals surface area contributed by atoms with Crippen molar-refractivity contribution in [2.75, 3.05) is 6.61 Å². The van der Waals surface area contributed by atoms with E-state index in [1.54, 1.807) is 0 Å². The standard InChI is InChI=1S/C2H4O4.Al.3H/c3-1-2(4)5-6-2;;;;/h3-4H,1H2;;;;. The van der Waals surface area contributed by atoms with E-state index in [2.05, 4.69) is 9.78 Å². The predicted molar refractivity (Wildman–Crippen MR) is 24.1 cm³/mol. The van der Waals surface area contributed by atoms with Gasteiger partial charge >= 0.3 is 5.97 Å². The van der Waals surface area contributed by atoms with Crippen LogP contribution in [0.5, 0.6) is 0 Å². The molecular weight excluding hydrogens is 115 g/mol. The number of hydrogen-bond acceptors (Lipinski definition) is 4. The average molecular weight is 122 g/mol. The molecule has 1 rings (SSSR count). The van der Waals surface area contributed by atoms with Crippen LogP contribution in [-0.4, -0.2) is 40.2 Å². The van der Waals surface area contributed by atoms with Crippen LogP contribution < -0.4 is 0 Å². The molecule has 4 nitrogen and oxygen atoms in total. The maximum absolute atomic E-state index is 8.24. The number of aliphatic hydroxyl groups is 2. The molecule has 1 saturated heterocycles. The fourth-order valence-electron chi connectivity index (χ4n) is 0.101. The van der Waals surface area contributed by atoms with Crippen LogP contribution in [0.2, 0.25) is 0 Å². The summed E-state index contributed by atoms with van der Waals surface area (Å²) >= 11 is 0. The molecular formula is C2H7AlO4. The Kier molecular flexibility index (Phi) is 2.21. The van der Waals surface area contributed by atoms with Crippen LogP contribution in [0.25, 0.3) is 0 Å². The van der Waals surface area contributed by atoms with Crippen LogP contribution in [0.15, 0.2) is 0 Å². The Hall–Kier alpha value is 0.372. The first-order valence-electron chi connectivity index (χ1n) is 1.47. The van der Waals surface area contributed by atoms with Gasteiger partial charge < -0.3 is 10.2 Å². The lowest BCUT2D eigenvalue weighted by molar-refractivity contribution is -0.0228. The Morgan fingerprint density at radius 1 is 1.43 bits per heavy atom. The summed E-state index contributed by atoms with van der Waals surface area (Å²) in [5.41, 5.74) is 0. The van der Waals surface area contributed by atoms with E-state index in [1.807, 2.05) is 0 Å². The zero-order valence-electron chi connectivity index (χ0n) is 2.92. The summed E-state index contributed by atoms with van der Waals surface area (Å²) in [4.78, 5) is 7.70. The Morgan fingerprint density at radius 3 is 1.86 bits per heavy atom. The highest BCUT2D eigenvalue weighted by molar-refractivity contribution is 5.75. The third-order valence-corrected chi connectivity index (χ3v) is 0.476. The van der Waals surface area contributed by atoms with E-state index >= 15 is 0 Å². The SMILES string of the molecule is OCC1(O)OO1.[AlH3]. The van der Waals surface area contributed by atoms with Crippen molar-refractivity contribution in [1.29, 1.82) is 0 Å². The van der Waals surface area contributed by atoms with Gasteiger partial charge in [0.2, 0.25) is 0 Å². The number of hydrogen-bond donors (Lipinski definition) is 2. The monoisotopic (exact) mass is 122 g/mol. The molecule has 5 heteroatoms. The van der Waals surface area contributed by atoms with Crippen molar-refractivity contribution < 1.29 is 20.0 Å². The fraction of sp³-hybridized carbons (Fsp3) is 1.00. The highest BCUT2D eigenvalue weighted by Gasteiger charge is 2.46. The van der Waals surface area contributed by atoms with Crippen molar-refractivity contribution in [3.63, 3.8) is 0 Å². The second-order valence-electron chi connectivity index (χ2n) is 1.04. The Balaban J connectivity index is 0.000000360. The molecule has 0 amide bonds. The Bertz CT molecular complexity index is 60.7. The molecule has 0 unspecified atom stereocenters. The van der Waals surface area contributed by atoms with Gasteiger partial charge in [-0.25, -0.2) is 0 Å². The molecule has 1 aliphatic rings. The summed E-state index contributed by atoms with van der Waals surface area (Å²) in [5, 5.41) is 16.2. The van der Waals surface area contributed by atoms with Gasteiger partial charge in [0.15, 0.2) is 17.4 Å². The molecule has 1 fully saturated rings. The first-order valence-corrected chi connectivity index (χ1v) is 1.47.